The first-order valence-corrected chi connectivity index (χ1v) is 7.55. The summed E-state index contributed by atoms with van der Waals surface area (Å²) in [5, 5.41) is 0. The van der Waals surface area contributed by atoms with E-state index in [0.29, 0.717) is 12.0 Å². The fourth-order valence-electron chi connectivity index (χ4n) is 2.65. The quantitative estimate of drug-likeness (QED) is 0.794. The number of rotatable bonds is 8. The summed E-state index contributed by atoms with van der Waals surface area (Å²) in [4.78, 5) is 2.32. The fourth-order valence-corrected chi connectivity index (χ4v) is 2.65. The van der Waals surface area contributed by atoms with Crippen LogP contribution in [0.1, 0.15) is 39.3 Å². The second-order valence-electron chi connectivity index (χ2n) is 6.07. The number of nitrogens with zero attached hydrogens (tertiary/aromatic N) is 1. The van der Waals surface area contributed by atoms with Gasteiger partial charge < -0.3 is 10.5 Å². The van der Waals surface area contributed by atoms with Gasteiger partial charge >= 0.3 is 0 Å². The molecular formula is C17H30N2O. The van der Waals surface area contributed by atoms with Crippen molar-refractivity contribution in [2.24, 2.45) is 11.7 Å². The van der Waals surface area contributed by atoms with Gasteiger partial charge in [0.05, 0.1) is 12.7 Å². The summed E-state index contributed by atoms with van der Waals surface area (Å²) in [5.74, 6) is 0.495. The maximum Gasteiger partial charge on any atom is 0.0596 e. The smallest absolute Gasteiger partial charge is 0.0596 e. The van der Waals surface area contributed by atoms with E-state index in [1.807, 2.05) is 6.07 Å². The lowest BCUT2D eigenvalue weighted by Gasteiger charge is -2.36. The van der Waals surface area contributed by atoms with E-state index in [-0.39, 0.29) is 12.1 Å². The van der Waals surface area contributed by atoms with Gasteiger partial charge in [-0.1, -0.05) is 44.2 Å². The van der Waals surface area contributed by atoms with Crippen LogP contribution in [0, 0.1) is 5.92 Å². The predicted octanol–water partition coefficient (Wildman–Crippen LogP) is 3.07. The molecule has 1 aromatic carbocycles. The van der Waals surface area contributed by atoms with Gasteiger partial charge in [-0.05, 0) is 32.4 Å². The summed E-state index contributed by atoms with van der Waals surface area (Å²) >= 11 is 0. The molecule has 0 saturated heterocycles. The molecule has 0 bridgehead atoms. The molecule has 0 aliphatic heterocycles. The molecule has 0 heterocycles. The second kappa shape index (κ2) is 8.40. The molecule has 2 unspecified atom stereocenters. The highest BCUT2D eigenvalue weighted by atomic mass is 16.5. The van der Waals surface area contributed by atoms with Gasteiger partial charge in [0.1, 0.15) is 0 Å². The first kappa shape index (κ1) is 17.2. The highest BCUT2D eigenvalue weighted by molar-refractivity contribution is 5.20. The Morgan fingerprint density at radius 1 is 1.10 bits per heavy atom. The Morgan fingerprint density at radius 3 is 2.20 bits per heavy atom. The molecule has 2 N–H and O–H groups in total. The van der Waals surface area contributed by atoms with E-state index in [1.165, 1.54) is 5.56 Å². The molecule has 2 atom stereocenters. The SMILES string of the molecule is CC(C)OCCN(C)C(C(C)C)C(N)c1ccccc1. The fraction of sp³-hybridized carbons (Fsp3) is 0.647. The first-order chi connectivity index (χ1) is 9.43. The molecule has 0 fully saturated rings. The zero-order valence-corrected chi connectivity index (χ0v) is 13.5. The Kier molecular flexibility index (Phi) is 7.20. The Labute approximate surface area is 124 Å². The van der Waals surface area contributed by atoms with Gasteiger partial charge in [0.25, 0.3) is 0 Å². The van der Waals surface area contributed by atoms with Gasteiger partial charge in [-0.3, -0.25) is 4.90 Å². The zero-order chi connectivity index (χ0) is 15.1. The van der Waals surface area contributed by atoms with Gasteiger partial charge in [-0.25, -0.2) is 0 Å². The topological polar surface area (TPSA) is 38.5 Å². The minimum atomic E-state index is 0.0280. The molecule has 0 aliphatic rings. The minimum Gasteiger partial charge on any atom is -0.377 e. The molecule has 0 saturated carbocycles. The first-order valence-electron chi connectivity index (χ1n) is 7.55. The summed E-state index contributed by atoms with van der Waals surface area (Å²) in [6.07, 6.45) is 0.281. The van der Waals surface area contributed by atoms with E-state index in [1.54, 1.807) is 0 Å². The van der Waals surface area contributed by atoms with E-state index >= 15 is 0 Å². The van der Waals surface area contributed by atoms with Crippen LogP contribution in [0.5, 0.6) is 0 Å². The van der Waals surface area contributed by atoms with Crippen LogP contribution in [0.25, 0.3) is 0 Å². The summed E-state index contributed by atoms with van der Waals surface area (Å²) in [7, 11) is 2.14. The van der Waals surface area contributed by atoms with Crippen molar-refractivity contribution < 1.29 is 4.74 Å². The lowest BCUT2D eigenvalue weighted by molar-refractivity contribution is 0.0465. The van der Waals surface area contributed by atoms with Crippen LogP contribution >= 0.6 is 0 Å². The molecule has 3 heteroatoms. The molecule has 3 nitrogen and oxygen atoms in total. The third-order valence-corrected chi connectivity index (χ3v) is 3.64. The average Bonchev–Trinajstić information content (AvgIpc) is 2.39. The van der Waals surface area contributed by atoms with Crippen LogP contribution in [-0.2, 0) is 4.74 Å². The molecular weight excluding hydrogens is 248 g/mol. The van der Waals surface area contributed by atoms with Crippen LogP contribution in [0.3, 0.4) is 0 Å². The Morgan fingerprint density at radius 2 is 1.70 bits per heavy atom. The maximum absolute atomic E-state index is 6.49. The standard InChI is InChI=1S/C17H30N2O/c1-13(2)17(19(5)11-12-20-14(3)4)16(18)15-9-7-6-8-10-15/h6-10,13-14,16-17H,11-12,18H2,1-5H3. The van der Waals surface area contributed by atoms with E-state index in [4.69, 9.17) is 10.5 Å². The predicted molar refractivity (Wildman–Crippen MR) is 85.7 cm³/mol. The van der Waals surface area contributed by atoms with Crippen molar-refractivity contribution in [1.82, 2.24) is 4.90 Å². The lowest BCUT2D eigenvalue weighted by Crippen LogP contribution is -2.45. The summed E-state index contributed by atoms with van der Waals surface area (Å²) in [6, 6.07) is 10.7. The number of likely N-dealkylation sites (N-methyl/N-ethyl adjacent to an activating group) is 1. The molecule has 0 aromatic heterocycles. The van der Waals surface area contributed by atoms with Gasteiger partial charge in [-0.2, -0.15) is 0 Å². The number of hydrogen-bond donors (Lipinski definition) is 1. The van der Waals surface area contributed by atoms with Crippen LogP contribution in [0.4, 0.5) is 0 Å². The molecule has 0 spiro atoms. The molecule has 0 aliphatic carbocycles. The van der Waals surface area contributed by atoms with E-state index in [9.17, 15) is 0 Å². The van der Waals surface area contributed by atoms with Gasteiger partial charge in [0.15, 0.2) is 0 Å². The van der Waals surface area contributed by atoms with Gasteiger partial charge in [-0.15, -0.1) is 0 Å². The Balaban J connectivity index is 2.68. The molecule has 0 radical (unpaired) electrons. The molecule has 0 amide bonds. The summed E-state index contributed by atoms with van der Waals surface area (Å²) in [5.41, 5.74) is 7.69. The number of hydrogen-bond acceptors (Lipinski definition) is 3. The Hall–Kier alpha value is -0.900. The summed E-state index contributed by atoms with van der Waals surface area (Å²) < 4.78 is 5.65. The van der Waals surface area contributed by atoms with Crippen molar-refractivity contribution >= 4 is 0 Å². The van der Waals surface area contributed by atoms with Gasteiger partial charge in [0.2, 0.25) is 0 Å². The lowest BCUT2D eigenvalue weighted by atomic mass is 9.90. The van der Waals surface area contributed by atoms with Crippen LogP contribution in [0.2, 0.25) is 0 Å². The van der Waals surface area contributed by atoms with E-state index in [0.717, 1.165) is 13.2 Å². The molecule has 20 heavy (non-hydrogen) atoms. The minimum absolute atomic E-state index is 0.0280. The van der Waals surface area contributed by atoms with E-state index in [2.05, 4.69) is 63.9 Å². The second-order valence-corrected chi connectivity index (χ2v) is 6.07. The summed E-state index contributed by atoms with van der Waals surface area (Å²) in [6.45, 7) is 10.2. The molecule has 114 valence electrons. The normalized spacial score (nSPS) is 15.1. The highest BCUT2D eigenvalue weighted by Crippen LogP contribution is 2.23. The Bertz CT molecular complexity index is 365. The highest BCUT2D eigenvalue weighted by Gasteiger charge is 2.26. The molecule has 1 rings (SSSR count). The number of nitrogens with two attached hydrogens (primary N) is 1. The van der Waals surface area contributed by atoms with Crippen LogP contribution in [0.15, 0.2) is 30.3 Å². The van der Waals surface area contributed by atoms with Crippen molar-refractivity contribution in [3.63, 3.8) is 0 Å². The van der Waals surface area contributed by atoms with Gasteiger partial charge in [0, 0.05) is 18.6 Å². The van der Waals surface area contributed by atoms with Crippen molar-refractivity contribution in [2.75, 3.05) is 20.2 Å². The largest absolute Gasteiger partial charge is 0.377 e. The number of benzene rings is 1. The third-order valence-electron chi connectivity index (χ3n) is 3.64. The van der Waals surface area contributed by atoms with Crippen LogP contribution < -0.4 is 5.73 Å². The van der Waals surface area contributed by atoms with Crippen molar-refractivity contribution in [3.05, 3.63) is 35.9 Å². The van der Waals surface area contributed by atoms with Crippen molar-refractivity contribution in [3.8, 4) is 0 Å². The number of ether oxygens (including phenoxy) is 1. The van der Waals surface area contributed by atoms with Crippen molar-refractivity contribution in [1.29, 1.82) is 0 Å². The zero-order valence-electron chi connectivity index (χ0n) is 13.5. The van der Waals surface area contributed by atoms with Crippen LogP contribution in [-0.4, -0.2) is 37.2 Å². The monoisotopic (exact) mass is 278 g/mol. The average molecular weight is 278 g/mol. The molecule has 1 aromatic rings. The third kappa shape index (κ3) is 5.23. The van der Waals surface area contributed by atoms with E-state index < -0.39 is 0 Å². The maximum atomic E-state index is 6.49. The van der Waals surface area contributed by atoms with Crippen molar-refractivity contribution in [2.45, 2.75) is 45.9 Å².